The molecular formula is C20H14ClNO. The lowest BCUT2D eigenvalue weighted by Gasteiger charge is -2.19. The molecule has 1 aliphatic heterocycles. The number of halogens is 1. The Bertz CT molecular complexity index is 1020. The third-order valence-corrected chi connectivity index (χ3v) is 4.30. The number of para-hydroxylation sites is 1. The second-order valence-corrected chi connectivity index (χ2v) is 6.05. The molecule has 0 N–H and O–H groups in total. The largest absolute Gasteiger partial charge is 0.336 e. The fourth-order valence-electron chi connectivity index (χ4n) is 3.02. The number of pyridine rings is 1. The number of fused-ring (bicyclic) bond motifs is 2. The number of aromatic nitrogens is 1. The summed E-state index contributed by atoms with van der Waals surface area (Å²) in [6, 6.07) is 23.6. The van der Waals surface area contributed by atoms with Gasteiger partial charge >= 0.3 is 0 Å². The fourth-order valence-corrected chi connectivity index (χ4v) is 3.23. The summed E-state index contributed by atoms with van der Waals surface area (Å²) in [6.07, 6.45) is 0. The summed E-state index contributed by atoms with van der Waals surface area (Å²) in [5.74, 6) is 0. The predicted molar refractivity (Wildman–Crippen MR) is 95.4 cm³/mol. The quantitative estimate of drug-likeness (QED) is 0.486. The normalized spacial score (nSPS) is 11.2. The van der Waals surface area contributed by atoms with E-state index in [1.165, 1.54) is 11.6 Å². The van der Waals surface area contributed by atoms with Gasteiger partial charge in [0.05, 0.1) is 5.69 Å². The van der Waals surface area contributed by atoms with Crippen molar-refractivity contribution < 1.29 is 0 Å². The molecule has 112 valence electrons. The lowest BCUT2D eigenvalue weighted by molar-refractivity contribution is 0.834. The van der Waals surface area contributed by atoms with Gasteiger partial charge in [-0.05, 0) is 29.1 Å². The average Bonchev–Trinajstić information content (AvgIpc) is 2.56. The van der Waals surface area contributed by atoms with Crippen LogP contribution in [0.1, 0.15) is 5.56 Å². The van der Waals surface area contributed by atoms with Gasteiger partial charge in [0.15, 0.2) is 5.43 Å². The fraction of sp³-hybridized carbons (Fsp3) is 0.0500. The van der Waals surface area contributed by atoms with Crippen LogP contribution in [-0.2, 0) is 6.54 Å². The maximum absolute atomic E-state index is 12.4. The van der Waals surface area contributed by atoms with E-state index < -0.39 is 0 Å². The second kappa shape index (κ2) is 5.56. The highest BCUT2D eigenvalue weighted by Gasteiger charge is 2.14. The average molecular weight is 320 g/mol. The molecule has 1 heterocycles. The number of hydrogen-bond donors (Lipinski definition) is 0. The van der Waals surface area contributed by atoms with E-state index in [0.717, 1.165) is 16.6 Å². The van der Waals surface area contributed by atoms with Crippen LogP contribution in [0.3, 0.4) is 0 Å². The lowest BCUT2D eigenvalue weighted by Crippen LogP contribution is -2.13. The van der Waals surface area contributed by atoms with Crippen molar-refractivity contribution in [2.24, 2.45) is 0 Å². The first kappa shape index (κ1) is 14.0. The highest BCUT2D eigenvalue weighted by molar-refractivity contribution is 6.31. The summed E-state index contributed by atoms with van der Waals surface area (Å²) in [4.78, 5) is 12.4. The van der Waals surface area contributed by atoms with Crippen LogP contribution in [0, 0.1) is 0 Å². The molecule has 2 nitrogen and oxygen atoms in total. The highest BCUT2D eigenvalue weighted by atomic mass is 35.5. The molecule has 0 radical (unpaired) electrons. The van der Waals surface area contributed by atoms with E-state index in [-0.39, 0.29) is 5.43 Å². The van der Waals surface area contributed by atoms with Gasteiger partial charge in [0.25, 0.3) is 0 Å². The molecular weight excluding hydrogens is 306 g/mol. The van der Waals surface area contributed by atoms with Crippen LogP contribution in [0.4, 0.5) is 0 Å². The monoisotopic (exact) mass is 319 g/mol. The van der Waals surface area contributed by atoms with E-state index in [2.05, 4.69) is 22.8 Å². The summed E-state index contributed by atoms with van der Waals surface area (Å²) in [7, 11) is 0. The van der Waals surface area contributed by atoms with Crippen LogP contribution in [-0.4, -0.2) is 4.57 Å². The molecule has 2 aromatic carbocycles. The summed E-state index contributed by atoms with van der Waals surface area (Å²) < 4.78 is 2.16. The van der Waals surface area contributed by atoms with Gasteiger partial charge in [-0.25, -0.2) is 0 Å². The maximum Gasteiger partial charge on any atom is 0.189 e. The Balaban J connectivity index is 2.07. The maximum atomic E-state index is 12.4. The van der Waals surface area contributed by atoms with Gasteiger partial charge in [-0.1, -0.05) is 60.1 Å². The minimum absolute atomic E-state index is 0.0416. The Hall–Kier alpha value is -2.58. The van der Waals surface area contributed by atoms with E-state index in [0.29, 0.717) is 17.1 Å². The molecule has 0 atom stereocenters. The summed E-state index contributed by atoms with van der Waals surface area (Å²) >= 11 is 6.14. The minimum atomic E-state index is -0.0416. The van der Waals surface area contributed by atoms with Gasteiger partial charge in [-0.15, -0.1) is 0 Å². The van der Waals surface area contributed by atoms with Crippen LogP contribution < -0.4 is 5.43 Å². The van der Waals surface area contributed by atoms with Crippen molar-refractivity contribution in [2.45, 2.75) is 6.54 Å². The van der Waals surface area contributed by atoms with Crippen molar-refractivity contribution in [3.8, 4) is 11.3 Å². The van der Waals surface area contributed by atoms with Crippen molar-refractivity contribution >= 4 is 22.5 Å². The smallest absolute Gasteiger partial charge is 0.189 e. The Morgan fingerprint density at radius 3 is 2.43 bits per heavy atom. The van der Waals surface area contributed by atoms with Crippen LogP contribution in [0.2, 0.25) is 5.02 Å². The summed E-state index contributed by atoms with van der Waals surface area (Å²) in [6.45, 7) is 0.693. The minimum Gasteiger partial charge on any atom is -0.336 e. The van der Waals surface area contributed by atoms with Crippen molar-refractivity contribution in [3.05, 3.63) is 93.6 Å². The van der Waals surface area contributed by atoms with E-state index in [1.54, 1.807) is 0 Å². The molecule has 3 heteroatoms. The van der Waals surface area contributed by atoms with Crippen LogP contribution >= 0.6 is 11.6 Å². The van der Waals surface area contributed by atoms with Gasteiger partial charge in [0.1, 0.15) is 0 Å². The number of rotatable bonds is 2. The molecule has 0 aromatic heterocycles. The summed E-state index contributed by atoms with van der Waals surface area (Å²) in [5.41, 5.74) is 3.79. The zero-order chi connectivity index (χ0) is 15.8. The van der Waals surface area contributed by atoms with Gasteiger partial charge in [0, 0.05) is 28.7 Å². The second-order valence-electron chi connectivity index (χ2n) is 5.61. The molecule has 0 fully saturated rings. The summed E-state index contributed by atoms with van der Waals surface area (Å²) in [5, 5.41) is 1.52. The SMILES string of the molecule is O=c1cc(Cl)cc2n(Cc3ccccc3)c3ccccc3cc1-2. The zero-order valence-electron chi connectivity index (χ0n) is 12.4. The first-order chi connectivity index (χ1) is 11.2. The van der Waals surface area contributed by atoms with Gasteiger partial charge < -0.3 is 4.57 Å². The number of benzene rings is 3. The van der Waals surface area contributed by atoms with Gasteiger partial charge in [-0.2, -0.15) is 0 Å². The highest BCUT2D eigenvalue weighted by Crippen LogP contribution is 2.29. The third kappa shape index (κ3) is 2.51. The molecule has 4 rings (SSSR count). The van der Waals surface area contributed by atoms with Crippen LogP contribution in [0.5, 0.6) is 0 Å². The number of hydrogen-bond acceptors (Lipinski definition) is 1. The van der Waals surface area contributed by atoms with E-state index in [9.17, 15) is 4.79 Å². The molecule has 2 aromatic rings. The predicted octanol–water partition coefficient (Wildman–Crippen LogP) is 4.81. The molecule has 0 unspecified atom stereocenters. The molecule has 1 aliphatic carbocycles. The molecule has 0 bridgehead atoms. The lowest BCUT2D eigenvalue weighted by atomic mass is 10.0. The van der Waals surface area contributed by atoms with Crippen molar-refractivity contribution in [1.29, 1.82) is 0 Å². The van der Waals surface area contributed by atoms with E-state index >= 15 is 0 Å². The first-order valence-corrected chi connectivity index (χ1v) is 7.86. The molecule has 2 aliphatic rings. The first-order valence-electron chi connectivity index (χ1n) is 7.48. The van der Waals surface area contributed by atoms with E-state index in [1.807, 2.05) is 48.5 Å². The molecule has 0 saturated heterocycles. The molecule has 0 spiro atoms. The molecule has 23 heavy (non-hydrogen) atoms. The third-order valence-electron chi connectivity index (χ3n) is 4.09. The molecule has 0 amide bonds. The Kier molecular flexibility index (Phi) is 3.40. The van der Waals surface area contributed by atoms with Crippen LogP contribution in [0.15, 0.2) is 77.6 Å². The topological polar surface area (TPSA) is 22.0 Å². The standard InChI is InChI=1S/C20H14ClNO/c21-16-11-19-17(20(23)12-16)10-15-8-4-5-9-18(15)22(19)13-14-6-2-1-3-7-14/h1-12H,13H2. The van der Waals surface area contributed by atoms with E-state index in [4.69, 9.17) is 11.6 Å². The molecule has 0 saturated carbocycles. The number of nitrogens with zero attached hydrogens (tertiary/aromatic N) is 1. The van der Waals surface area contributed by atoms with Crippen LogP contribution in [0.25, 0.3) is 22.2 Å². The van der Waals surface area contributed by atoms with Gasteiger partial charge in [0.2, 0.25) is 0 Å². The Morgan fingerprint density at radius 2 is 1.61 bits per heavy atom. The zero-order valence-corrected chi connectivity index (χ0v) is 13.1. The Labute approximate surface area is 138 Å². The van der Waals surface area contributed by atoms with Crippen molar-refractivity contribution in [2.75, 3.05) is 0 Å². The van der Waals surface area contributed by atoms with Crippen molar-refractivity contribution in [3.63, 3.8) is 0 Å². The van der Waals surface area contributed by atoms with Crippen molar-refractivity contribution in [1.82, 2.24) is 4.57 Å². The van der Waals surface area contributed by atoms with Gasteiger partial charge in [-0.3, -0.25) is 4.79 Å². The Morgan fingerprint density at radius 1 is 0.870 bits per heavy atom.